The molecule has 0 saturated heterocycles. The predicted octanol–water partition coefficient (Wildman–Crippen LogP) is 2.80. The number of rotatable bonds is 3. The molecular formula is C11H10BrClFNO3S. The second-order valence-corrected chi connectivity index (χ2v) is 8.05. The third kappa shape index (κ3) is 3.27. The minimum atomic E-state index is -4.13. The van der Waals surface area contributed by atoms with Gasteiger partial charge in [-0.25, -0.2) is 12.8 Å². The molecule has 1 aliphatic rings. The van der Waals surface area contributed by atoms with E-state index in [0.29, 0.717) is 0 Å². The molecule has 19 heavy (non-hydrogen) atoms. The van der Waals surface area contributed by atoms with Gasteiger partial charge in [0, 0.05) is 16.2 Å². The molecular weight excluding hydrogens is 361 g/mol. The monoisotopic (exact) mass is 369 g/mol. The highest BCUT2D eigenvalue weighted by atomic mass is 79.9. The molecule has 1 amide bonds. The molecule has 0 radical (unpaired) electrons. The highest BCUT2D eigenvalue weighted by Crippen LogP contribution is 2.36. The quantitative estimate of drug-likeness (QED) is 0.832. The number of amides is 1. The molecule has 8 heteroatoms. The van der Waals surface area contributed by atoms with Crippen molar-refractivity contribution in [2.75, 3.05) is 0 Å². The van der Waals surface area contributed by atoms with Gasteiger partial charge in [0.05, 0.1) is 10.0 Å². The van der Waals surface area contributed by atoms with Crippen molar-refractivity contribution in [3.63, 3.8) is 0 Å². The SMILES string of the molecule is CC1(NC(=O)c2cc(F)cc(S(=O)(=O)Cl)c2Br)CC1. The fraction of sp³-hybridized carbons (Fsp3) is 0.364. The minimum Gasteiger partial charge on any atom is -0.347 e. The standard InChI is InChI=1S/C11H10BrClFNO3S/c1-11(2-3-11)15-10(16)7-4-6(14)5-8(9(7)12)19(13,17)18/h4-5H,2-3H2,1H3,(H,15,16). The Kier molecular flexibility index (Phi) is 3.66. The van der Waals surface area contributed by atoms with Crippen molar-refractivity contribution in [2.45, 2.75) is 30.2 Å². The van der Waals surface area contributed by atoms with Gasteiger partial charge in [-0.15, -0.1) is 0 Å². The number of hydrogen-bond acceptors (Lipinski definition) is 3. The normalized spacial score (nSPS) is 17.1. The van der Waals surface area contributed by atoms with E-state index in [9.17, 15) is 17.6 Å². The van der Waals surface area contributed by atoms with Gasteiger partial charge in [-0.3, -0.25) is 4.79 Å². The molecule has 1 aromatic carbocycles. The minimum absolute atomic E-state index is 0.0364. The zero-order chi connectivity index (χ0) is 14.4. The molecule has 0 bridgehead atoms. The van der Waals surface area contributed by atoms with Gasteiger partial charge in [0.15, 0.2) is 0 Å². The van der Waals surface area contributed by atoms with E-state index in [1.54, 1.807) is 0 Å². The molecule has 0 spiro atoms. The lowest BCUT2D eigenvalue weighted by Gasteiger charge is -2.13. The van der Waals surface area contributed by atoms with Crippen LogP contribution in [-0.4, -0.2) is 19.9 Å². The lowest BCUT2D eigenvalue weighted by molar-refractivity contribution is 0.0934. The zero-order valence-corrected chi connectivity index (χ0v) is 13.0. The summed E-state index contributed by atoms with van der Waals surface area (Å²) in [6, 6.07) is 1.73. The van der Waals surface area contributed by atoms with Crippen molar-refractivity contribution >= 4 is 41.6 Å². The van der Waals surface area contributed by atoms with Crippen LogP contribution in [0.4, 0.5) is 4.39 Å². The molecule has 1 aromatic rings. The molecule has 1 N–H and O–H groups in total. The highest BCUT2D eigenvalue weighted by molar-refractivity contribution is 9.10. The van der Waals surface area contributed by atoms with Gasteiger partial charge in [-0.2, -0.15) is 0 Å². The smallest absolute Gasteiger partial charge is 0.262 e. The zero-order valence-electron chi connectivity index (χ0n) is 9.84. The van der Waals surface area contributed by atoms with Crippen LogP contribution < -0.4 is 5.32 Å². The number of nitrogens with one attached hydrogen (secondary N) is 1. The van der Waals surface area contributed by atoms with Gasteiger partial charge in [-0.05, 0) is 47.8 Å². The molecule has 0 atom stereocenters. The van der Waals surface area contributed by atoms with Crippen LogP contribution in [0.25, 0.3) is 0 Å². The van der Waals surface area contributed by atoms with Gasteiger partial charge in [-0.1, -0.05) is 0 Å². The van der Waals surface area contributed by atoms with Crippen molar-refractivity contribution in [3.05, 3.63) is 28.0 Å². The lowest BCUT2D eigenvalue weighted by Crippen LogP contribution is -2.34. The molecule has 4 nitrogen and oxygen atoms in total. The van der Waals surface area contributed by atoms with E-state index in [1.165, 1.54) is 0 Å². The van der Waals surface area contributed by atoms with Crippen LogP contribution in [0.1, 0.15) is 30.1 Å². The summed E-state index contributed by atoms with van der Waals surface area (Å²) in [6.07, 6.45) is 1.68. The average molecular weight is 371 g/mol. The number of halogens is 3. The van der Waals surface area contributed by atoms with E-state index in [2.05, 4.69) is 21.2 Å². The Bertz CT molecular complexity index is 658. The average Bonchev–Trinajstić information content (AvgIpc) is 2.97. The Morgan fingerprint density at radius 2 is 2.05 bits per heavy atom. The van der Waals surface area contributed by atoms with Gasteiger partial charge >= 0.3 is 0 Å². The number of carbonyl (C=O) groups is 1. The van der Waals surface area contributed by atoms with Crippen molar-refractivity contribution in [1.29, 1.82) is 0 Å². The Morgan fingerprint density at radius 1 is 1.47 bits per heavy atom. The van der Waals surface area contributed by atoms with E-state index in [-0.39, 0.29) is 15.6 Å². The van der Waals surface area contributed by atoms with Crippen molar-refractivity contribution in [1.82, 2.24) is 5.32 Å². The fourth-order valence-corrected chi connectivity index (χ4v) is 3.83. The van der Waals surface area contributed by atoms with E-state index in [1.807, 2.05) is 6.92 Å². The van der Waals surface area contributed by atoms with Crippen LogP contribution in [0.15, 0.2) is 21.5 Å². The third-order valence-corrected chi connectivity index (χ3v) is 5.39. The Labute approximate surface area is 122 Å². The largest absolute Gasteiger partial charge is 0.347 e. The van der Waals surface area contributed by atoms with Gasteiger partial charge in [0.25, 0.3) is 15.0 Å². The maximum Gasteiger partial charge on any atom is 0.262 e. The second-order valence-electron chi connectivity index (χ2n) is 4.72. The topological polar surface area (TPSA) is 63.2 Å². The van der Waals surface area contributed by atoms with E-state index in [0.717, 1.165) is 25.0 Å². The first-order valence-corrected chi connectivity index (χ1v) is 8.49. The summed E-state index contributed by atoms with van der Waals surface area (Å²) in [4.78, 5) is 11.5. The maximum absolute atomic E-state index is 13.4. The highest BCUT2D eigenvalue weighted by Gasteiger charge is 2.39. The van der Waals surface area contributed by atoms with Crippen LogP contribution in [0.3, 0.4) is 0 Å². The Hall–Kier alpha value is -0.660. The summed E-state index contributed by atoms with van der Waals surface area (Å²) in [6.45, 7) is 1.86. The van der Waals surface area contributed by atoms with Crippen LogP contribution in [0, 0.1) is 5.82 Å². The summed E-state index contributed by atoms with van der Waals surface area (Å²) in [5.41, 5.74) is -0.379. The van der Waals surface area contributed by atoms with Crippen LogP contribution in [0.5, 0.6) is 0 Å². The molecule has 104 valence electrons. The molecule has 1 aliphatic carbocycles. The van der Waals surface area contributed by atoms with Crippen molar-refractivity contribution in [2.24, 2.45) is 0 Å². The Balaban J connectivity index is 2.46. The first-order chi connectivity index (χ1) is 8.62. The summed E-state index contributed by atoms with van der Waals surface area (Å²) in [5, 5.41) is 2.72. The maximum atomic E-state index is 13.4. The van der Waals surface area contributed by atoms with E-state index < -0.39 is 25.7 Å². The molecule has 0 aromatic heterocycles. The molecule has 0 unspecified atom stereocenters. The summed E-state index contributed by atoms with van der Waals surface area (Å²) in [7, 11) is 1.07. The molecule has 1 saturated carbocycles. The first-order valence-electron chi connectivity index (χ1n) is 5.39. The summed E-state index contributed by atoms with van der Waals surface area (Å²) >= 11 is 2.99. The summed E-state index contributed by atoms with van der Waals surface area (Å²) in [5.74, 6) is -1.37. The Morgan fingerprint density at radius 3 is 2.53 bits per heavy atom. The van der Waals surface area contributed by atoms with Crippen LogP contribution in [0.2, 0.25) is 0 Å². The lowest BCUT2D eigenvalue weighted by atomic mass is 10.2. The molecule has 1 fully saturated rings. The molecule has 0 aliphatic heterocycles. The summed E-state index contributed by atoms with van der Waals surface area (Å²) < 4.78 is 36.0. The fourth-order valence-electron chi connectivity index (χ4n) is 1.56. The number of benzene rings is 1. The van der Waals surface area contributed by atoms with Gasteiger partial charge in [0.2, 0.25) is 0 Å². The van der Waals surface area contributed by atoms with E-state index in [4.69, 9.17) is 10.7 Å². The second kappa shape index (κ2) is 4.71. The molecule has 0 heterocycles. The van der Waals surface area contributed by atoms with Crippen molar-refractivity contribution in [3.8, 4) is 0 Å². The van der Waals surface area contributed by atoms with Gasteiger partial charge in [0.1, 0.15) is 10.7 Å². The molecule has 2 rings (SSSR count). The third-order valence-electron chi connectivity index (χ3n) is 2.93. The first kappa shape index (κ1) is 14.7. The number of carbonyl (C=O) groups excluding carboxylic acids is 1. The predicted molar refractivity (Wildman–Crippen MR) is 72.2 cm³/mol. The van der Waals surface area contributed by atoms with Crippen LogP contribution in [-0.2, 0) is 9.05 Å². The van der Waals surface area contributed by atoms with E-state index >= 15 is 0 Å². The number of hydrogen-bond donors (Lipinski definition) is 1. The van der Waals surface area contributed by atoms with Gasteiger partial charge < -0.3 is 5.32 Å². The van der Waals surface area contributed by atoms with Crippen LogP contribution >= 0.6 is 26.6 Å². The van der Waals surface area contributed by atoms with Crippen molar-refractivity contribution < 1.29 is 17.6 Å².